The van der Waals surface area contributed by atoms with Gasteiger partial charge in [0.25, 0.3) is 11.7 Å². The number of hydrogen-bond acceptors (Lipinski definition) is 2. The quantitative estimate of drug-likeness (QED) is 0.593. The molecule has 1 aromatic carbocycles. The zero-order valence-electron chi connectivity index (χ0n) is 9.50. The Morgan fingerprint density at radius 3 is 2.76 bits per heavy atom. The predicted octanol–water partition coefficient (Wildman–Crippen LogP) is 2.32. The van der Waals surface area contributed by atoms with Gasteiger partial charge in [0.1, 0.15) is 5.82 Å². The van der Waals surface area contributed by atoms with Gasteiger partial charge in [-0.25, -0.2) is 4.39 Å². The Labute approximate surface area is 98.5 Å². The number of nitrogens with zero attached hydrogens (tertiary/aromatic N) is 1. The molecule has 88 valence electrons. The van der Waals surface area contributed by atoms with Gasteiger partial charge in [-0.15, -0.1) is 6.58 Å². The maximum atomic E-state index is 13.0. The molecule has 1 heterocycles. The minimum atomic E-state index is -0.638. The van der Waals surface area contributed by atoms with E-state index in [9.17, 15) is 14.0 Å². The maximum absolute atomic E-state index is 13.0. The summed E-state index contributed by atoms with van der Waals surface area (Å²) in [5.74, 6) is -1.74. The molecule has 0 radical (unpaired) electrons. The van der Waals surface area contributed by atoms with Crippen molar-refractivity contribution in [1.29, 1.82) is 0 Å². The molecule has 0 aliphatic carbocycles. The van der Waals surface area contributed by atoms with Crippen LogP contribution in [0.4, 0.5) is 10.1 Å². The Kier molecular flexibility index (Phi) is 2.79. The van der Waals surface area contributed by atoms with Crippen molar-refractivity contribution in [1.82, 2.24) is 0 Å². The van der Waals surface area contributed by atoms with E-state index in [1.54, 1.807) is 0 Å². The fourth-order valence-corrected chi connectivity index (χ4v) is 1.80. The first-order valence-electron chi connectivity index (χ1n) is 5.31. The number of halogens is 1. The van der Waals surface area contributed by atoms with E-state index < -0.39 is 17.5 Å². The van der Waals surface area contributed by atoms with Crippen LogP contribution in [0.5, 0.6) is 0 Å². The molecule has 0 unspecified atom stereocenters. The summed E-state index contributed by atoms with van der Waals surface area (Å²) in [6, 6.07) is 3.82. The molecule has 0 saturated carbocycles. The molecule has 0 fully saturated rings. The fourth-order valence-electron chi connectivity index (χ4n) is 1.80. The van der Waals surface area contributed by atoms with E-state index >= 15 is 0 Å². The van der Waals surface area contributed by atoms with Crippen molar-refractivity contribution in [3.8, 4) is 0 Å². The van der Waals surface area contributed by atoms with E-state index in [1.807, 2.05) is 6.92 Å². The summed E-state index contributed by atoms with van der Waals surface area (Å²) >= 11 is 0. The third-order valence-electron chi connectivity index (χ3n) is 2.70. The molecule has 0 spiro atoms. The van der Waals surface area contributed by atoms with Crippen LogP contribution < -0.4 is 4.90 Å². The molecule has 1 amide bonds. The second-order valence-electron chi connectivity index (χ2n) is 4.15. The molecule has 4 heteroatoms. The van der Waals surface area contributed by atoms with Gasteiger partial charge in [-0.3, -0.25) is 9.59 Å². The van der Waals surface area contributed by atoms with E-state index in [0.29, 0.717) is 18.7 Å². The van der Waals surface area contributed by atoms with Crippen molar-refractivity contribution >= 4 is 17.4 Å². The number of rotatable bonds is 3. The number of carbonyl (C=O) groups excluding carboxylic acids is 2. The molecular weight excluding hydrogens is 221 g/mol. The van der Waals surface area contributed by atoms with E-state index in [-0.39, 0.29) is 5.56 Å². The third-order valence-corrected chi connectivity index (χ3v) is 2.70. The lowest BCUT2D eigenvalue weighted by Gasteiger charge is -2.16. The van der Waals surface area contributed by atoms with E-state index in [2.05, 4.69) is 6.58 Å². The topological polar surface area (TPSA) is 37.4 Å². The first-order chi connectivity index (χ1) is 8.00. The summed E-state index contributed by atoms with van der Waals surface area (Å²) in [4.78, 5) is 24.7. The van der Waals surface area contributed by atoms with Crippen molar-refractivity contribution in [3.05, 3.63) is 41.7 Å². The lowest BCUT2D eigenvalue weighted by Crippen LogP contribution is -2.30. The van der Waals surface area contributed by atoms with Gasteiger partial charge < -0.3 is 4.90 Å². The second kappa shape index (κ2) is 4.13. The lowest BCUT2D eigenvalue weighted by molar-refractivity contribution is -0.114. The van der Waals surface area contributed by atoms with Crippen LogP contribution in [0.2, 0.25) is 0 Å². The SMILES string of the molecule is C=C(C)CCN1C(=O)C(=O)c2cc(F)ccc21. The van der Waals surface area contributed by atoms with Crippen LogP contribution in [0.1, 0.15) is 23.7 Å². The van der Waals surface area contributed by atoms with Crippen molar-refractivity contribution < 1.29 is 14.0 Å². The predicted molar refractivity (Wildman–Crippen MR) is 62.5 cm³/mol. The van der Waals surface area contributed by atoms with Gasteiger partial charge in [0, 0.05) is 6.54 Å². The monoisotopic (exact) mass is 233 g/mol. The van der Waals surface area contributed by atoms with Crippen LogP contribution in [-0.4, -0.2) is 18.2 Å². The van der Waals surface area contributed by atoms with Gasteiger partial charge in [0.05, 0.1) is 11.3 Å². The summed E-state index contributed by atoms with van der Waals surface area (Å²) in [6.45, 7) is 6.00. The van der Waals surface area contributed by atoms with Crippen molar-refractivity contribution in [3.63, 3.8) is 0 Å². The number of ketones is 1. The number of hydrogen-bond donors (Lipinski definition) is 0. The smallest absolute Gasteiger partial charge is 0.299 e. The Morgan fingerprint density at radius 1 is 1.41 bits per heavy atom. The number of amides is 1. The van der Waals surface area contributed by atoms with Gasteiger partial charge >= 0.3 is 0 Å². The molecular formula is C13H12FNO2. The summed E-state index contributed by atoms with van der Waals surface area (Å²) in [5.41, 5.74) is 1.57. The minimum Gasteiger partial charge on any atom is -0.304 e. The highest BCUT2D eigenvalue weighted by Crippen LogP contribution is 2.29. The second-order valence-corrected chi connectivity index (χ2v) is 4.15. The van der Waals surface area contributed by atoms with Crippen LogP contribution in [-0.2, 0) is 4.79 Å². The van der Waals surface area contributed by atoms with Gasteiger partial charge in [0.2, 0.25) is 0 Å². The van der Waals surface area contributed by atoms with Crippen LogP contribution >= 0.6 is 0 Å². The van der Waals surface area contributed by atoms with Gasteiger partial charge in [-0.1, -0.05) is 5.57 Å². The first-order valence-corrected chi connectivity index (χ1v) is 5.31. The molecule has 1 aliphatic heterocycles. The summed E-state index contributed by atoms with van der Waals surface area (Å²) < 4.78 is 13.0. The van der Waals surface area contributed by atoms with E-state index in [1.165, 1.54) is 17.0 Å². The summed E-state index contributed by atoms with van der Waals surface area (Å²) in [7, 11) is 0. The molecule has 17 heavy (non-hydrogen) atoms. The molecule has 1 aromatic rings. The van der Waals surface area contributed by atoms with Crippen molar-refractivity contribution in [2.45, 2.75) is 13.3 Å². The molecule has 0 bridgehead atoms. The maximum Gasteiger partial charge on any atom is 0.299 e. The average molecular weight is 233 g/mol. The minimum absolute atomic E-state index is 0.150. The fraction of sp³-hybridized carbons (Fsp3) is 0.231. The molecule has 1 aliphatic rings. The Morgan fingerprint density at radius 2 is 2.12 bits per heavy atom. The summed E-state index contributed by atoms with van der Waals surface area (Å²) in [5, 5.41) is 0. The van der Waals surface area contributed by atoms with Crippen molar-refractivity contribution in [2.24, 2.45) is 0 Å². The number of fused-ring (bicyclic) bond motifs is 1. The number of benzene rings is 1. The highest BCUT2D eigenvalue weighted by Gasteiger charge is 2.35. The number of Topliss-reactive ketones (excluding diaryl/α,β-unsaturated/α-hetero) is 1. The molecule has 0 atom stereocenters. The third kappa shape index (κ3) is 1.98. The standard InChI is InChI=1S/C13H12FNO2/c1-8(2)5-6-15-11-4-3-9(14)7-10(11)12(16)13(15)17/h3-4,7H,1,5-6H2,2H3. The highest BCUT2D eigenvalue weighted by molar-refractivity contribution is 6.52. The van der Waals surface area contributed by atoms with Crippen molar-refractivity contribution in [2.75, 3.05) is 11.4 Å². The number of anilines is 1. The molecule has 0 N–H and O–H groups in total. The zero-order valence-corrected chi connectivity index (χ0v) is 9.50. The van der Waals surface area contributed by atoms with E-state index in [4.69, 9.17) is 0 Å². The van der Waals surface area contributed by atoms with Crippen LogP contribution in [0.3, 0.4) is 0 Å². The normalized spacial score (nSPS) is 14.1. The average Bonchev–Trinajstić information content (AvgIpc) is 2.50. The first kappa shape index (κ1) is 11.5. The van der Waals surface area contributed by atoms with E-state index in [0.717, 1.165) is 11.6 Å². The molecule has 3 nitrogen and oxygen atoms in total. The zero-order chi connectivity index (χ0) is 12.6. The highest BCUT2D eigenvalue weighted by atomic mass is 19.1. The molecule has 0 aromatic heterocycles. The Hall–Kier alpha value is -1.97. The van der Waals surface area contributed by atoms with Gasteiger partial charge in [-0.05, 0) is 31.5 Å². The summed E-state index contributed by atoms with van der Waals surface area (Å²) in [6.07, 6.45) is 0.621. The largest absolute Gasteiger partial charge is 0.304 e. The Bertz CT molecular complexity index is 522. The Balaban J connectivity index is 2.34. The van der Waals surface area contributed by atoms with Crippen LogP contribution in [0.25, 0.3) is 0 Å². The molecule has 0 saturated heterocycles. The van der Waals surface area contributed by atoms with Crippen LogP contribution in [0.15, 0.2) is 30.4 Å². The number of carbonyl (C=O) groups is 2. The van der Waals surface area contributed by atoms with Crippen LogP contribution in [0, 0.1) is 5.82 Å². The van der Waals surface area contributed by atoms with Gasteiger partial charge in [-0.2, -0.15) is 0 Å². The lowest BCUT2D eigenvalue weighted by atomic mass is 10.1. The van der Waals surface area contributed by atoms with Gasteiger partial charge in [0.15, 0.2) is 0 Å². The molecule has 2 rings (SSSR count).